The molecule has 27 heavy (non-hydrogen) atoms. The van der Waals surface area contributed by atoms with Crippen LogP contribution < -0.4 is 5.32 Å². The van der Waals surface area contributed by atoms with Crippen LogP contribution in [0.25, 0.3) is 0 Å². The van der Waals surface area contributed by atoms with E-state index in [0.29, 0.717) is 18.0 Å². The summed E-state index contributed by atoms with van der Waals surface area (Å²) in [4.78, 5) is 18.9. The number of benzene rings is 1. The number of anilines is 1. The second kappa shape index (κ2) is 7.29. The summed E-state index contributed by atoms with van der Waals surface area (Å²) in [5.74, 6) is 1.34. The number of aromatic nitrogens is 1. The van der Waals surface area contributed by atoms with Crippen molar-refractivity contribution in [2.24, 2.45) is 5.92 Å². The lowest BCUT2D eigenvalue weighted by Gasteiger charge is -2.30. The molecule has 4 nitrogen and oxygen atoms in total. The average Bonchev–Trinajstić information content (AvgIpc) is 3.48. The van der Waals surface area contributed by atoms with Crippen LogP contribution >= 0.6 is 0 Å². The third kappa shape index (κ3) is 3.82. The van der Waals surface area contributed by atoms with Crippen LogP contribution in [0.1, 0.15) is 48.5 Å². The van der Waals surface area contributed by atoms with Crippen molar-refractivity contribution in [2.75, 3.05) is 25.0 Å². The smallest absolute Gasteiger partial charge is 0.255 e. The lowest BCUT2D eigenvalue weighted by atomic mass is 9.95. The number of halogens is 1. The maximum Gasteiger partial charge on any atom is 0.255 e. The zero-order chi connectivity index (χ0) is 18.9. The second-order valence-corrected chi connectivity index (χ2v) is 8.02. The summed E-state index contributed by atoms with van der Waals surface area (Å²) in [6, 6.07) is 10.7. The molecule has 1 amide bonds. The third-order valence-corrected chi connectivity index (χ3v) is 5.99. The first-order valence-corrected chi connectivity index (χ1v) is 9.82. The molecule has 1 aromatic heterocycles. The van der Waals surface area contributed by atoms with Gasteiger partial charge in [-0.15, -0.1) is 0 Å². The van der Waals surface area contributed by atoms with Crippen molar-refractivity contribution < 1.29 is 9.18 Å². The van der Waals surface area contributed by atoms with Gasteiger partial charge in [-0.1, -0.05) is 25.1 Å². The molecule has 2 aromatic rings. The molecule has 1 saturated carbocycles. The number of likely N-dealkylation sites (tertiary alicyclic amines) is 1. The fourth-order valence-corrected chi connectivity index (χ4v) is 3.86. The largest absolute Gasteiger partial charge is 0.369 e. The highest BCUT2D eigenvalue weighted by Crippen LogP contribution is 2.48. The van der Waals surface area contributed by atoms with Gasteiger partial charge in [0.15, 0.2) is 0 Å². The van der Waals surface area contributed by atoms with E-state index in [9.17, 15) is 9.18 Å². The number of nitrogens with one attached hydrogen (secondary N) is 1. The van der Waals surface area contributed by atoms with Crippen molar-refractivity contribution in [3.63, 3.8) is 0 Å². The summed E-state index contributed by atoms with van der Waals surface area (Å²) in [6.07, 6.45) is 5.73. The Labute approximate surface area is 159 Å². The molecule has 1 aromatic carbocycles. The first-order valence-electron chi connectivity index (χ1n) is 9.82. The summed E-state index contributed by atoms with van der Waals surface area (Å²) >= 11 is 0. The van der Waals surface area contributed by atoms with Gasteiger partial charge in [-0.2, -0.15) is 0 Å². The molecule has 0 radical (unpaired) electrons. The van der Waals surface area contributed by atoms with Crippen molar-refractivity contribution in [3.8, 4) is 0 Å². The Kier molecular flexibility index (Phi) is 4.85. The first-order chi connectivity index (χ1) is 13.1. The third-order valence-electron chi connectivity index (χ3n) is 5.99. The van der Waals surface area contributed by atoms with Crippen LogP contribution in [0, 0.1) is 11.7 Å². The molecule has 0 atom stereocenters. The number of amides is 1. The maximum absolute atomic E-state index is 14.1. The van der Waals surface area contributed by atoms with Gasteiger partial charge in [0.2, 0.25) is 0 Å². The molecule has 142 valence electrons. The average molecular weight is 367 g/mol. The van der Waals surface area contributed by atoms with Gasteiger partial charge in [0.1, 0.15) is 11.6 Å². The van der Waals surface area contributed by atoms with Gasteiger partial charge in [0.05, 0.1) is 5.56 Å². The lowest BCUT2D eigenvalue weighted by molar-refractivity contribution is 0.0697. The van der Waals surface area contributed by atoms with E-state index in [1.165, 1.54) is 6.07 Å². The molecule has 1 aliphatic carbocycles. The minimum absolute atomic E-state index is 0.0611. The van der Waals surface area contributed by atoms with Gasteiger partial charge in [0.25, 0.3) is 5.91 Å². The molecule has 0 unspecified atom stereocenters. The Morgan fingerprint density at radius 3 is 2.59 bits per heavy atom. The Hall–Kier alpha value is -2.43. The molecular weight excluding hydrogens is 341 g/mol. The van der Waals surface area contributed by atoms with E-state index in [2.05, 4.69) is 17.2 Å². The van der Waals surface area contributed by atoms with Gasteiger partial charge in [-0.25, -0.2) is 9.37 Å². The topological polar surface area (TPSA) is 45.2 Å². The normalized spacial score (nSPS) is 19.0. The summed E-state index contributed by atoms with van der Waals surface area (Å²) in [7, 11) is 0. The van der Waals surface area contributed by atoms with Gasteiger partial charge in [-0.05, 0) is 55.4 Å². The van der Waals surface area contributed by atoms with E-state index in [4.69, 9.17) is 0 Å². The quantitative estimate of drug-likeness (QED) is 0.860. The molecule has 2 heterocycles. The van der Waals surface area contributed by atoms with E-state index in [0.717, 1.165) is 50.2 Å². The van der Waals surface area contributed by atoms with Crippen LogP contribution in [-0.2, 0) is 5.41 Å². The summed E-state index contributed by atoms with van der Waals surface area (Å²) in [5, 5.41) is 3.32. The monoisotopic (exact) mass is 367 g/mol. The molecule has 0 bridgehead atoms. The van der Waals surface area contributed by atoms with E-state index < -0.39 is 0 Å². The predicted molar refractivity (Wildman–Crippen MR) is 104 cm³/mol. The molecular formula is C22H26FN3O. The van der Waals surface area contributed by atoms with Crippen LogP contribution in [0.5, 0.6) is 0 Å². The Bertz CT molecular complexity index is 809. The molecule has 1 saturated heterocycles. The fourth-order valence-electron chi connectivity index (χ4n) is 3.86. The zero-order valence-electron chi connectivity index (χ0n) is 15.7. The summed E-state index contributed by atoms with van der Waals surface area (Å²) in [6.45, 7) is 4.53. The van der Waals surface area contributed by atoms with Crippen molar-refractivity contribution in [3.05, 3.63) is 59.5 Å². The number of carbonyl (C=O) groups is 1. The van der Waals surface area contributed by atoms with E-state index in [-0.39, 0.29) is 17.1 Å². The Morgan fingerprint density at radius 1 is 1.22 bits per heavy atom. The van der Waals surface area contributed by atoms with Crippen LogP contribution in [0.3, 0.4) is 0 Å². The number of rotatable bonds is 5. The summed E-state index contributed by atoms with van der Waals surface area (Å²) < 4.78 is 14.1. The van der Waals surface area contributed by atoms with Crippen LogP contribution in [-0.4, -0.2) is 35.4 Å². The van der Waals surface area contributed by atoms with Gasteiger partial charge in [0, 0.05) is 31.2 Å². The van der Waals surface area contributed by atoms with E-state index >= 15 is 0 Å². The maximum atomic E-state index is 14.1. The lowest BCUT2D eigenvalue weighted by Crippen LogP contribution is -2.37. The van der Waals surface area contributed by atoms with Crippen molar-refractivity contribution in [2.45, 2.75) is 38.0 Å². The van der Waals surface area contributed by atoms with Gasteiger partial charge in [-0.3, -0.25) is 4.79 Å². The molecule has 2 fully saturated rings. The van der Waals surface area contributed by atoms with Crippen molar-refractivity contribution in [1.82, 2.24) is 9.88 Å². The minimum atomic E-state index is -0.137. The molecule has 2 aliphatic rings. The number of pyridine rings is 1. The highest BCUT2D eigenvalue weighted by Gasteiger charge is 2.45. The minimum Gasteiger partial charge on any atom is -0.369 e. The zero-order valence-corrected chi connectivity index (χ0v) is 15.7. The van der Waals surface area contributed by atoms with Crippen LogP contribution in [0.2, 0.25) is 0 Å². The van der Waals surface area contributed by atoms with Crippen LogP contribution in [0.15, 0.2) is 42.6 Å². The molecule has 4 rings (SSSR count). The Morgan fingerprint density at radius 2 is 1.96 bits per heavy atom. The number of hydrogen-bond donors (Lipinski definition) is 1. The Balaban J connectivity index is 1.37. The van der Waals surface area contributed by atoms with Crippen molar-refractivity contribution >= 4 is 11.7 Å². The van der Waals surface area contributed by atoms with E-state index in [1.54, 1.807) is 12.3 Å². The highest BCUT2D eigenvalue weighted by molar-refractivity contribution is 5.94. The molecule has 0 spiro atoms. The molecule has 1 aliphatic heterocycles. The standard InChI is InChI=1S/C22H26FN3O/c1-16-8-12-26(13-9-16)21(27)17-6-7-20(24-14-17)25-15-22(10-11-22)18-4-2-3-5-19(18)23/h2-7,14,16H,8-13,15H2,1H3,(H,24,25). The number of hydrogen-bond acceptors (Lipinski definition) is 3. The first kappa shape index (κ1) is 18.0. The molecule has 5 heteroatoms. The highest BCUT2D eigenvalue weighted by atomic mass is 19.1. The number of nitrogens with zero attached hydrogens (tertiary/aromatic N) is 2. The molecule has 1 N–H and O–H groups in total. The fraction of sp³-hybridized carbons (Fsp3) is 0.455. The van der Waals surface area contributed by atoms with Crippen molar-refractivity contribution in [1.29, 1.82) is 0 Å². The second-order valence-electron chi connectivity index (χ2n) is 8.02. The summed E-state index contributed by atoms with van der Waals surface area (Å²) in [5.41, 5.74) is 1.28. The van der Waals surface area contributed by atoms with E-state index in [1.807, 2.05) is 29.2 Å². The number of piperidine rings is 1. The number of carbonyl (C=O) groups excluding carboxylic acids is 1. The SMILES string of the molecule is CC1CCN(C(=O)c2ccc(NCC3(c4ccccc4F)CC3)nc2)CC1. The van der Waals surface area contributed by atoms with Gasteiger partial charge < -0.3 is 10.2 Å². The predicted octanol–water partition coefficient (Wildman–Crippen LogP) is 4.24. The van der Waals surface area contributed by atoms with Gasteiger partial charge >= 0.3 is 0 Å². The van der Waals surface area contributed by atoms with Crippen LogP contribution in [0.4, 0.5) is 10.2 Å².